The summed E-state index contributed by atoms with van der Waals surface area (Å²) in [5.41, 5.74) is 30.2. The lowest BCUT2D eigenvalue weighted by atomic mass is 9.70. The maximum atomic E-state index is 2.48. The third-order valence-electron chi connectivity index (χ3n) is 18.2. The van der Waals surface area contributed by atoms with Crippen molar-refractivity contribution < 1.29 is 0 Å². The predicted octanol–water partition coefficient (Wildman–Crippen LogP) is 18.2. The minimum atomic E-state index is -0.367. The molecule has 76 heavy (non-hydrogen) atoms. The van der Waals surface area contributed by atoms with Crippen molar-refractivity contribution in [2.24, 2.45) is 0 Å². The van der Waals surface area contributed by atoms with Gasteiger partial charge in [0.15, 0.2) is 0 Å². The normalized spacial score (nSPS) is 14.3. The molecule has 0 saturated heterocycles. The Labute approximate surface area is 439 Å². The van der Waals surface area contributed by atoms with E-state index >= 15 is 0 Å². The molecule has 2 heteroatoms. The summed E-state index contributed by atoms with van der Waals surface area (Å²) in [6.45, 7) is 0. The first-order valence-corrected chi connectivity index (χ1v) is 26.7. The molecule has 2 nitrogen and oxygen atoms in total. The Morgan fingerprint density at radius 2 is 0.474 bits per heavy atom. The lowest BCUT2D eigenvalue weighted by Gasteiger charge is -2.30. The fraction of sp³-hybridized carbons (Fsp3) is 0.0270. The van der Waals surface area contributed by atoms with E-state index in [0.717, 1.165) is 0 Å². The summed E-state index contributed by atoms with van der Waals surface area (Å²) in [4.78, 5) is 0. The maximum Gasteiger partial charge on any atom is 0.0725 e. The van der Waals surface area contributed by atoms with Crippen LogP contribution in [0.3, 0.4) is 0 Å². The third kappa shape index (κ3) is 4.85. The van der Waals surface area contributed by atoms with Gasteiger partial charge < -0.3 is 9.13 Å². The Bertz CT molecular complexity index is 4500. The zero-order valence-electron chi connectivity index (χ0n) is 41.3. The zero-order valence-corrected chi connectivity index (χ0v) is 41.3. The molecule has 0 saturated carbocycles. The number of benzene rings is 12. The Morgan fingerprint density at radius 1 is 0.197 bits per heavy atom. The molecule has 18 rings (SSSR count). The lowest BCUT2D eigenvalue weighted by Crippen LogP contribution is -2.25. The van der Waals surface area contributed by atoms with Crippen LogP contribution in [0.2, 0.25) is 0 Å². The molecule has 2 spiro atoms. The van der Waals surface area contributed by atoms with Crippen molar-refractivity contribution in [3.05, 3.63) is 311 Å². The number of hydrogen-bond acceptors (Lipinski definition) is 0. The minimum absolute atomic E-state index is 0.367. The second-order valence-electron chi connectivity index (χ2n) is 21.4. The van der Waals surface area contributed by atoms with Crippen molar-refractivity contribution in [3.8, 4) is 67.0 Å². The highest BCUT2D eigenvalue weighted by atomic mass is 15.0. The summed E-state index contributed by atoms with van der Waals surface area (Å²) in [6.07, 6.45) is 0. The summed E-state index contributed by atoms with van der Waals surface area (Å²) in [5.74, 6) is 0. The van der Waals surface area contributed by atoms with Crippen LogP contribution >= 0.6 is 0 Å². The van der Waals surface area contributed by atoms with Crippen LogP contribution in [0, 0.1) is 0 Å². The zero-order chi connectivity index (χ0) is 49.4. The van der Waals surface area contributed by atoms with E-state index < -0.39 is 0 Å². The first-order chi connectivity index (χ1) is 37.7. The van der Waals surface area contributed by atoms with Gasteiger partial charge in [-0.15, -0.1) is 0 Å². The molecule has 0 bridgehead atoms. The largest absolute Gasteiger partial charge is 0.309 e. The number of aromatic nitrogens is 2. The van der Waals surface area contributed by atoms with Gasteiger partial charge in [-0.1, -0.05) is 206 Å². The molecule has 2 aromatic heterocycles. The van der Waals surface area contributed by atoms with E-state index in [1.807, 2.05) is 0 Å². The van der Waals surface area contributed by atoms with Crippen LogP contribution in [0.5, 0.6) is 0 Å². The summed E-state index contributed by atoms with van der Waals surface area (Å²) in [6, 6.07) is 101. The van der Waals surface area contributed by atoms with Gasteiger partial charge in [0.2, 0.25) is 0 Å². The maximum absolute atomic E-state index is 2.48. The molecule has 350 valence electrons. The Balaban J connectivity index is 0.777. The Hall–Kier alpha value is -9.76. The SMILES string of the molecule is c1ccc2c(c1)-c1ccccc1C21c2ccccc2-c2cc(-n3c4ccccc4c4cc(-c5ccc6c(c5)c5ccccc5n6-c5ccc6c(c5)-c5ccccc5C65c6ccccc6-c6ccccc65)ccc43)ccc21. The fourth-order valence-corrected chi connectivity index (χ4v) is 15.3. The molecular formula is C74H44N2. The highest BCUT2D eigenvalue weighted by Crippen LogP contribution is 2.65. The molecule has 0 amide bonds. The van der Waals surface area contributed by atoms with E-state index in [1.54, 1.807) is 0 Å². The van der Waals surface area contributed by atoms with Gasteiger partial charge in [-0.3, -0.25) is 0 Å². The summed E-state index contributed by atoms with van der Waals surface area (Å²) >= 11 is 0. The predicted molar refractivity (Wildman–Crippen MR) is 313 cm³/mol. The molecule has 12 aromatic carbocycles. The van der Waals surface area contributed by atoms with Crippen LogP contribution in [0.25, 0.3) is 111 Å². The third-order valence-corrected chi connectivity index (χ3v) is 18.2. The van der Waals surface area contributed by atoms with E-state index in [1.165, 1.54) is 155 Å². The number of hydrogen-bond donors (Lipinski definition) is 0. The summed E-state index contributed by atoms with van der Waals surface area (Å²) in [5, 5.41) is 4.99. The van der Waals surface area contributed by atoms with Crippen LogP contribution in [0.1, 0.15) is 44.5 Å². The monoisotopic (exact) mass is 960 g/mol. The highest BCUT2D eigenvalue weighted by Gasteiger charge is 2.53. The van der Waals surface area contributed by atoms with E-state index in [-0.39, 0.29) is 10.8 Å². The smallest absolute Gasteiger partial charge is 0.0725 e. The first-order valence-electron chi connectivity index (χ1n) is 26.7. The van der Waals surface area contributed by atoms with Crippen molar-refractivity contribution in [2.45, 2.75) is 10.8 Å². The van der Waals surface area contributed by atoms with Gasteiger partial charge >= 0.3 is 0 Å². The quantitative estimate of drug-likeness (QED) is 0.167. The van der Waals surface area contributed by atoms with Gasteiger partial charge in [-0.25, -0.2) is 0 Å². The molecule has 0 unspecified atom stereocenters. The first kappa shape index (κ1) is 40.7. The van der Waals surface area contributed by atoms with Crippen molar-refractivity contribution in [3.63, 3.8) is 0 Å². The Morgan fingerprint density at radius 3 is 0.829 bits per heavy atom. The van der Waals surface area contributed by atoms with Crippen LogP contribution < -0.4 is 0 Å². The molecule has 0 aliphatic heterocycles. The van der Waals surface area contributed by atoms with E-state index in [4.69, 9.17) is 0 Å². The minimum Gasteiger partial charge on any atom is -0.309 e. The van der Waals surface area contributed by atoms with Gasteiger partial charge in [0.05, 0.1) is 32.9 Å². The van der Waals surface area contributed by atoms with Gasteiger partial charge in [0, 0.05) is 32.9 Å². The molecule has 4 aliphatic carbocycles. The molecule has 4 aliphatic rings. The van der Waals surface area contributed by atoms with Crippen LogP contribution in [-0.2, 0) is 10.8 Å². The second kappa shape index (κ2) is 14.5. The highest BCUT2D eigenvalue weighted by molar-refractivity contribution is 6.13. The van der Waals surface area contributed by atoms with Gasteiger partial charge in [0.25, 0.3) is 0 Å². The van der Waals surface area contributed by atoms with Gasteiger partial charge in [-0.2, -0.15) is 0 Å². The van der Waals surface area contributed by atoms with Gasteiger partial charge in [-0.05, 0) is 161 Å². The topological polar surface area (TPSA) is 9.86 Å². The van der Waals surface area contributed by atoms with Gasteiger partial charge in [0.1, 0.15) is 0 Å². The number of rotatable bonds is 3. The molecule has 0 atom stereocenters. The van der Waals surface area contributed by atoms with Crippen molar-refractivity contribution >= 4 is 43.6 Å². The van der Waals surface area contributed by atoms with E-state index in [9.17, 15) is 0 Å². The Kier molecular flexibility index (Phi) is 7.77. The summed E-state index contributed by atoms with van der Waals surface area (Å²) < 4.78 is 4.97. The van der Waals surface area contributed by atoms with Crippen LogP contribution in [-0.4, -0.2) is 9.13 Å². The molecule has 0 radical (unpaired) electrons. The fourth-order valence-electron chi connectivity index (χ4n) is 15.3. The van der Waals surface area contributed by atoms with Crippen molar-refractivity contribution in [1.82, 2.24) is 9.13 Å². The second-order valence-corrected chi connectivity index (χ2v) is 21.4. The molecular weight excluding hydrogens is 917 g/mol. The van der Waals surface area contributed by atoms with Crippen LogP contribution in [0.15, 0.2) is 267 Å². The average Bonchev–Trinajstić information content (AvgIpc) is 4.32. The molecule has 14 aromatic rings. The molecule has 0 fully saturated rings. The molecule has 0 N–H and O–H groups in total. The van der Waals surface area contributed by atoms with E-state index in [2.05, 4.69) is 276 Å². The van der Waals surface area contributed by atoms with Crippen molar-refractivity contribution in [2.75, 3.05) is 0 Å². The number of para-hydroxylation sites is 2. The number of fused-ring (bicyclic) bond motifs is 26. The average molecular weight is 961 g/mol. The van der Waals surface area contributed by atoms with E-state index in [0.29, 0.717) is 0 Å². The molecule has 2 heterocycles. The lowest BCUT2D eigenvalue weighted by molar-refractivity contribution is 0.793. The van der Waals surface area contributed by atoms with Crippen LogP contribution in [0.4, 0.5) is 0 Å². The standard InChI is InChI=1S/C74H44N2/c1-9-25-61-49(17-1)50-18-2-10-26-62(50)73(61)65-29-13-5-21-53(65)57-43-47(35-37-67(57)73)75-69-31-15-7-23-55(69)59-41-45(33-39-71(59)75)46-34-40-72-60(42-46)56-24-8-16-32-70(56)76(72)48-36-38-68-58(44-48)54-22-6-14-30-66(54)74(68)63-27-11-3-19-51(63)52-20-4-12-28-64(52)74/h1-44H. The van der Waals surface area contributed by atoms with Crippen molar-refractivity contribution in [1.29, 1.82) is 0 Å². The number of nitrogens with zero attached hydrogens (tertiary/aromatic N) is 2. The summed E-state index contributed by atoms with van der Waals surface area (Å²) in [7, 11) is 0.